The highest BCUT2D eigenvalue weighted by Crippen LogP contribution is 2.33. The number of carbonyl (C=O) groups is 1. The second-order valence-corrected chi connectivity index (χ2v) is 3.88. The van der Waals surface area contributed by atoms with Crippen LogP contribution >= 0.6 is 11.5 Å². The Hall–Kier alpha value is -0.970. The van der Waals surface area contributed by atoms with E-state index in [-0.39, 0.29) is 5.91 Å². The molecule has 0 radical (unpaired) electrons. The zero-order valence-corrected chi connectivity index (χ0v) is 8.17. The Morgan fingerprint density at radius 3 is 3.23 bits per heavy atom. The van der Waals surface area contributed by atoms with E-state index >= 15 is 0 Å². The molecule has 1 aliphatic carbocycles. The van der Waals surface area contributed by atoms with Crippen LogP contribution in [0.2, 0.25) is 0 Å². The summed E-state index contributed by atoms with van der Waals surface area (Å²) in [5, 5.41) is 8.29. The van der Waals surface area contributed by atoms with Crippen molar-refractivity contribution in [1.82, 2.24) is 14.9 Å². The van der Waals surface area contributed by atoms with Crippen molar-refractivity contribution in [2.75, 3.05) is 0 Å². The number of amides is 1. The normalized spacial score (nSPS) is 25.6. The summed E-state index contributed by atoms with van der Waals surface area (Å²) in [4.78, 5) is 11.4. The first-order valence-corrected chi connectivity index (χ1v) is 5.23. The summed E-state index contributed by atoms with van der Waals surface area (Å²) in [7, 11) is 0. The van der Waals surface area contributed by atoms with Gasteiger partial charge in [-0.2, -0.15) is 0 Å². The number of nitrogens with zero attached hydrogens (tertiary/aromatic N) is 2. The molecule has 13 heavy (non-hydrogen) atoms. The molecule has 4 nitrogen and oxygen atoms in total. The molecule has 2 rings (SSSR count). The molecule has 1 fully saturated rings. The molecular weight excluding hydrogens is 186 g/mol. The van der Waals surface area contributed by atoms with Crippen molar-refractivity contribution >= 4 is 17.4 Å². The predicted molar refractivity (Wildman–Crippen MR) is 49.6 cm³/mol. The highest BCUT2D eigenvalue weighted by molar-refractivity contribution is 7.03. The van der Waals surface area contributed by atoms with Gasteiger partial charge in [0.05, 0.1) is 0 Å². The van der Waals surface area contributed by atoms with E-state index < -0.39 is 0 Å². The van der Waals surface area contributed by atoms with Crippen LogP contribution in [0, 0.1) is 5.92 Å². The molecule has 1 heterocycles. The van der Waals surface area contributed by atoms with Crippen molar-refractivity contribution in [1.29, 1.82) is 0 Å². The van der Waals surface area contributed by atoms with Gasteiger partial charge in [0.25, 0.3) is 5.91 Å². The molecule has 1 aliphatic rings. The van der Waals surface area contributed by atoms with Gasteiger partial charge in [0.1, 0.15) is 0 Å². The Balaban J connectivity index is 1.87. The van der Waals surface area contributed by atoms with Crippen molar-refractivity contribution in [3.05, 3.63) is 11.1 Å². The predicted octanol–water partition coefficient (Wildman–Crippen LogP) is 1.07. The lowest BCUT2D eigenvalue weighted by atomic mass is 10.3. The molecule has 2 atom stereocenters. The summed E-state index contributed by atoms with van der Waals surface area (Å²) in [5.41, 5.74) is 0.437. The molecule has 1 aromatic rings. The van der Waals surface area contributed by atoms with Crippen LogP contribution in [0.4, 0.5) is 0 Å². The molecule has 0 unspecified atom stereocenters. The Morgan fingerprint density at radius 1 is 1.85 bits per heavy atom. The summed E-state index contributed by atoms with van der Waals surface area (Å²) in [5.74, 6) is 0.588. The number of nitrogens with one attached hydrogen (secondary N) is 1. The fraction of sp³-hybridized carbons (Fsp3) is 0.625. The molecule has 1 N–H and O–H groups in total. The van der Waals surface area contributed by atoms with Gasteiger partial charge in [-0.1, -0.05) is 17.8 Å². The highest BCUT2D eigenvalue weighted by atomic mass is 32.1. The van der Waals surface area contributed by atoms with E-state index in [1.165, 1.54) is 11.5 Å². The van der Waals surface area contributed by atoms with Gasteiger partial charge in [0, 0.05) is 11.4 Å². The van der Waals surface area contributed by atoms with Crippen molar-refractivity contribution in [2.45, 2.75) is 25.8 Å². The molecule has 1 amide bonds. The van der Waals surface area contributed by atoms with Gasteiger partial charge in [-0.05, 0) is 23.9 Å². The molecule has 0 spiro atoms. The molecule has 0 bridgehead atoms. The monoisotopic (exact) mass is 197 g/mol. The van der Waals surface area contributed by atoms with Crippen molar-refractivity contribution in [3.63, 3.8) is 0 Å². The smallest absolute Gasteiger partial charge is 0.272 e. The quantitative estimate of drug-likeness (QED) is 0.788. The summed E-state index contributed by atoms with van der Waals surface area (Å²) >= 11 is 1.20. The molecule has 70 valence electrons. The Bertz CT molecular complexity index is 298. The third-order valence-electron chi connectivity index (χ3n) is 2.36. The molecule has 1 saturated carbocycles. The van der Waals surface area contributed by atoms with Gasteiger partial charge in [0.15, 0.2) is 5.69 Å². The van der Waals surface area contributed by atoms with Gasteiger partial charge in [-0.15, -0.1) is 5.10 Å². The highest BCUT2D eigenvalue weighted by Gasteiger charge is 2.36. The lowest BCUT2D eigenvalue weighted by Gasteiger charge is -1.99. The van der Waals surface area contributed by atoms with Gasteiger partial charge in [-0.25, -0.2) is 0 Å². The van der Waals surface area contributed by atoms with Crippen LogP contribution in [-0.4, -0.2) is 21.5 Å². The van der Waals surface area contributed by atoms with E-state index in [0.29, 0.717) is 17.7 Å². The van der Waals surface area contributed by atoms with Crippen LogP contribution in [0.15, 0.2) is 5.38 Å². The Kier molecular flexibility index (Phi) is 2.26. The molecule has 0 aliphatic heterocycles. The second-order valence-electron chi connectivity index (χ2n) is 3.27. The second kappa shape index (κ2) is 3.41. The van der Waals surface area contributed by atoms with Gasteiger partial charge in [0.2, 0.25) is 0 Å². The maximum absolute atomic E-state index is 11.4. The van der Waals surface area contributed by atoms with E-state index in [0.717, 1.165) is 12.8 Å². The molecule has 0 saturated heterocycles. The lowest BCUT2D eigenvalue weighted by molar-refractivity contribution is 0.0944. The first-order valence-electron chi connectivity index (χ1n) is 4.39. The van der Waals surface area contributed by atoms with Crippen molar-refractivity contribution < 1.29 is 4.79 Å². The van der Waals surface area contributed by atoms with Crippen LogP contribution in [0.1, 0.15) is 30.3 Å². The minimum absolute atomic E-state index is 0.0882. The molecule has 0 aromatic carbocycles. The fourth-order valence-corrected chi connectivity index (χ4v) is 1.82. The minimum atomic E-state index is -0.0882. The summed E-state index contributed by atoms with van der Waals surface area (Å²) < 4.78 is 3.64. The van der Waals surface area contributed by atoms with Crippen molar-refractivity contribution in [3.8, 4) is 0 Å². The van der Waals surface area contributed by atoms with Crippen LogP contribution in [0.25, 0.3) is 0 Å². The number of rotatable bonds is 3. The Labute approximate surface area is 80.5 Å². The van der Waals surface area contributed by atoms with Crippen LogP contribution in [-0.2, 0) is 0 Å². The summed E-state index contributed by atoms with van der Waals surface area (Å²) in [6.45, 7) is 2.14. The average Bonchev–Trinajstić information content (AvgIpc) is 2.68. The summed E-state index contributed by atoms with van der Waals surface area (Å²) in [6, 6.07) is 0.374. The van der Waals surface area contributed by atoms with Crippen molar-refractivity contribution in [2.24, 2.45) is 5.92 Å². The topological polar surface area (TPSA) is 54.9 Å². The maximum atomic E-state index is 11.4. The van der Waals surface area contributed by atoms with E-state index in [2.05, 4.69) is 21.8 Å². The average molecular weight is 197 g/mol. The minimum Gasteiger partial charge on any atom is -0.348 e. The van der Waals surface area contributed by atoms with Crippen LogP contribution < -0.4 is 5.32 Å². The zero-order chi connectivity index (χ0) is 9.26. The number of carbonyl (C=O) groups excluding carboxylic acids is 1. The summed E-state index contributed by atoms with van der Waals surface area (Å²) in [6.07, 6.45) is 2.25. The largest absolute Gasteiger partial charge is 0.348 e. The van der Waals surface area contributed by atoms with E-state index in [1.807, 2.05) is 0 Å². The standard InChI is InChI=1S/C8H11N3OS/c1-2-5-3-6(5)9-8(12)7-4-13-11-10-7/h4-6H,2-3H2,1H3,(H,9,12)/t5-,6-/m1/s1. The lowest BCUT2D eigenvalue weighted by Crippen LogP contribution is -2.27. The van der Waals surface area contributed by atoms with Gasteiger partial charge >= 0.3 is 0 Å². The van der Waals surface area contributed by atoms with E-state index in [1.54, 1.807) is 5.38 Å². The zero-order valence-electron chi connectivity index (χ0n) is 7.36. The van der Waals surface area contributed by atoms with E-state index in [4.69, 9.17) is 0 Å². The molecule has 5 heteroatoms. The number of hydrogen-bond donors (Lipinski definition) is 1. The SMILES string of the molecule is CC[C@@H]1C[C@H]1NC(=O)c1csnn1. The number of aromatic nitrogens is 2. The van der Waals surface area contributed by atoms with Gasteiger partial charge < -0.3 is 5.32 Å². The Morgan fingerprint density at radius 2 is 2.69 bits per heavy atom. The maximum Gasteiger partial charge on any atom is 0.272 e. The fourth-order valence-electron chi connectivity index (χ4n) is 1.38. The van der Waals surface area contributed by atoms with Crippen LogP contribution in [0.3, 0.4) is 0 Å². The van der Waals surface area contributed by atoms with Gasteiger partial charge in [-0.3, -0.25) is 4.79 Å². The third-order valence-corrected chi connectivity index (χ3v) is 2.86. The first-order chi connectivity index (χ1) is 6.31. The molecule has 1 aromatic heterocycles. The van der Waals surface area contributed by atoms with E-state index in [9.17, 15) is 4.79 Å². The molecular formula is C8H11N3OS. The van der Waals surface area contributed by atoms with Crippen LogP contribution in [0.5, 0.6) is 0 Å². The first kappa shape index (κ1) is 8.62. The third kappa shape index (κ3) is 1.85. The number of hydrogen-bond acceptors (Lipinski definition) is 4.